The molecule has 2 bridgehead atoms. The molecule has 0 aliphatic carbocycles. The van der Waals surface area contributed by atoms with Crippen molar-refractivity contribution in [3.63, 3.8) is 0 Å². The van der Waals surface area contributed by atoms with Gasteiger partial charge in [0.25, 0.3) is 0 Å². The van der Waals surface area contributed by atoms with E-state index >= 15 is 0 Å². The van der Waals surface area contributed by atoms with Gasteiger partial charge in [0.2, 0.25) is 0 Å². The van der Waals surface area contributed by atoms with Crippen molar-refractivity contribution in [1.29, 1.82) is 0 Å². The Morgan fingerprint density at radius 1 is 1.24 bits per heavy atom. The van der Waals surface area contributed by atoms with Crippen LogP contribution in [0.4, 0.5) is 0 Å². The first kappa shape index (κ1) is 11.9. The van der Waals surface area contributed by atoms with Gasteiger partial charge in [-0.15, -0.1) is 0 Å². The van der Waals surface area contributed by atoms with E-state index in [1.54, 1.807) is 0 Å². The second-order valence-corrected chi connectivity index (χ2v) is 7.02. The standard InChI is InChI=1S/C14H25NO2/c1-13(9-17-10-13)8-14(16)6-11-4-3-5-12(7-14)15(11)2/h11-12,16H,3-10H2,1-2H3. The van der Waals surface area contributed by atoms with E-state index in [0.717, 1.165) is 32.5 Å². The van der Waals surface area contributed by atoms with Gasteiger partial charge in [-0.3, -0.25) is 0 Å². The van der Waals surface area contributed by atoms with E-state index in [1.165, 1.54) is 19.3 Å². The van der Waals surface area contributed by atoms with E-state index in [4.69, 9.17) is 4.74 Å². The lowest BCUT2D eigenvalue weighted by Gasteiger charge is -2.53. The number of hydrogen-bond acceptors (Lipinski definition) is 3. The highest BCUT2D eigenvalue weighted by molar-refractivity contribution is 5.02. The fourth-order valence-corrected chi connectivity index (χ4v) is 4.24. The second-order valence-electron chi connectivity index (χ2n) is 7.02. The third-order valence-corrected chi connectivity index (χ3v) is 5.11. The van der Waals surface area contributed by atoms with Gasteiger partial charge in [0, 0.05) is 17.5 Å². The van der Waals surface area contributed by atoms with Crippen molar-refractivity contribution in [3.05, 3.63) is 0 Å². The summed E-state index contributed by atoms with van der Waals surface area (Å²) in [6.07, 6.45) is 6.74. The van der Waals surface area contributed by atoms with Crippen molar-refractivity contribution in [2.75, 3.05) is 20.3 Å². The lowest BCUT2D eigenvalue weighted by molar-refractivity contribution is -0.166. The van der Waals surface area contributed by atoms with Crippen LogP contribution in [0.15, 0.2) is 0 Å². The van der Waals surface area contributed by atoms with Crippen molar-refractivity contribution in [3.8, 4) is 0 Å². The minimum atomic E-state index is -0.430. The first-order chi connectivity index (χ1) is 8.00. The summed E-state index contributed by atoms with van der Waals surface area (Å²) in [6, 6.07) is 1.22. The molecule has 3 fully saturated rings. The Morgan fingerprint density at radius 3 is 2.29 bits per heavy atom. The van der Waals surface area contributed by atoms with Crippen molar-refractivity contribution < 1.29 is 9.84 Å². The van der Waals surface area contributed by atoms with Crippen LogP contribution < -0.4 is 0 Å². The fourth-order valence-electron chi connectivity index (χ4n) is 4.24. The van der Waals surface area contributed by atoms with Crippen LogP contribution in [0.1, 0.15) is 45.4 Å². The topological polar surface area (TPSA) is 32.7 Å². The summed E-state index contributed by atoms with van der Waals surface area (Å²) < 4.78 is 5.32. The number of ether oxygens (including phenoxy) is 1. The number of aliphatic hydroxyl groups is 1. The maximum atomic E-state index is 10.9. The molecule has 0 spiro atoms. The van der Waals surface area contributed by atoms with Gasteiger partial charge in [-0.25, -0.2) is 0 Å². The van der Waals surface area contributed by atoms with Gasteiger partial charge < -0.3 is 14.7 Å². The van der Waals surface area contributed by atoms with Crippen LogP contribution in [0.5, 0.6) is 0 Å². The predicted molar refractivity (Wildman–Crippen MR) is 66.9 cm³/mol. The lowest BCUT2D eigenvalue weighted by Crippen LogP contribution is -2.58. The highest BCUT2D eigenvalue weighted by atomic mass is 16.5. The summed E-state index contributed by atoms with van der Waals surface area (Å²) in [4.78, 5) is 2.51. The molecule has 0 aromatic heterocycles. The van der Waals surface area contributed by atoms with Crippen molar-refractivity contribution in [2.45, 2.75) is 63.1 Å². The predicted octanol–water partition coefficient (Wildman–Crippen LogP) is 1.79. The molecule has 1 N–H and O–H groups in total. The van der Waals surface area contributed by atoms with Gasteiger partial charge in [-0.1, -0.05) is 13.3 Å². The number of hydrogen-bond donors (Lipinski definition) is 1. The minimum Gasteiger partial charge on any atom is -0.390 e. The molecule has 3 nitrogen and oxygen atoms in total. The third kappa shape index (κ3) is 2.13. The highest BCUT2D eigenvalue weighted by Gasteiger charge is 2.48. The summed E-state index contributed by atoms with van der Waals surface area (Å²) in [7, 11) is 2.24. The molecule has 0 aromatic rings. The van der Waals surface area contributed by atoms with E-state index in [0.29, 0.717) is 12.1 Å². The van der Waals surface area contributed by atoms with E-state index in [9.17, 15) is 5.11 Å². The summed E-state index contributed by atoms with van der Waals surface area (Å²) >= 11 is 0. The van der Waals surface area contributed by atoms with Gasteiger partial charge in [0.15, 0.2) is 0 Å². The van der Waals surface area contributed by atoms with Crippen molar-refractivity contribution in [1.82, 2.24) is 4.90 Å². The largest absolute Gasteiger partial charge is 0.390 e. The van der Waals surface area contributed by atoms with Gasteiger partial charge in [-0.2, -0.15) is 0 Å². The zero-order valence-electron chi connectivity index (χ0n) is 11.1. The van der Waals surface area contributed by atoms with Crippen LogP contribution in [-0.2, 0) is 4.74 Å². The van der Waals surface area contributed by atoms with Crippen LogP contribution in [-0.4, -0.2) is 48.0 Å². The lowest BCUT2D eigenvalue weighted by atomic mass is 9.68. The first-order valence-corrected chi connectivity index (χ1v) is 7.02. The Labute approximate surface area is 104 Å². The zero-order chi connectivity index (χ0) is 12.1. The Kier molecular flexibility index (Phi) is 2.77. The number of nitrogens with zero attached hydrogens (tertiary/aromatic N) is 1. The molecule has 3 saturated heterocycles. The van der Waals surface area contributed by atoms with E-state index in [-0.39, 0.29) is 5.41 Å². The summed E-state index contributed by atoms with van der Waals surface area (Å²) in [5.74, 6) is 0. The minimum absolute atomic E-state index is 0.235. The van der Waals surface area contributed by atoms with E-state index < -0.39 is 5.60 Å². The molecule has 2 unspecified atom stereocenters. The number of rotatable bonds is 2. The smallest absolute Gasteiger partial charge is 0.0684 e. The van der Waals surface area contributed by atoms with Gasteiger partial charge >= 0.3 is 0 Å². The molecule has 0 amide bonds. The molecule has 0 saturated carbocycles. The van der Waals surface area contributed by atoms with Gasteiger partial charge in [-0.05, 0) is 39.2 Å². The fraction of sp³-hybridized carbons (Fsp3) is 1.00. The van der Waals surface area contributed by atoms with Crippen molar-refractivity contribution in [2.24, 2.45) is 5.41 Å². The molecular weight excluding hydrogens is 214 g/mol. The second kappa shape index (κ2) is 3.94. The maximum absolute atomic E-state index is 10.9. The van der Waals surface area contributed by atoms with Gasteiger partial charge in [0.1, 0.15) is 0 Å². The summed E-state index contributed by atoms with van der Waals surface area (Å²) in [5.41, 5.74) is -0.195. The van der Waals surface area contributed by atoms with E-state index in [2.05, 4.69) is 18.9 Å². The monoisotopic (exact) mass is 239 g/mol. The Morgan fingerprint density at radius 2 is 1.82 bits per heavy atom. The van der Waals surface area contributed by atoms with Crippen molar-refractivity contribution >= 4 is 0 Å². The van der Waals surface area contributed by atoms with Crippen LogP contribution in [0.25, 0.3) is 0 Å². The quantitative estimate of drug-likeness (QED) is 0.797. The highest BCUT2D eigenvalue weighted by Crippen LogP contribution is 2.45. The summed E-state index contributed by atoms with van der Waals surface area (Å²) in [6.45, 7) is 3.92. The normalized spacial score (nSPS) is 45.4. The van der Waals surface area contributed by atoms with Crippen LogP contribution in [0.2, 0.25) is 0 Å². The molecule has 3 aliphatic heterocycles. The van der Waals surface area contributed by atoms with Crippen LogP contribution >= 0.6 is 0 Å². The number of piperidine rings is 2. The molecule has 17 heavy (non-hydrogen) atoms. The first-order valence-electron chi connectivity index (χ1n) is 7.02. The number of fused-ring (bicyclic) bond motifs is 2. The zero-order valence-corrected chi connectivity index (χ0v) is 11.1. The molecule has 0 aromatic carbocycles. The molecule has 98 valence electrons. The Bertz CT molecular complexity index is 287. The SMILES string of the molecule is CN1C2CCCC1CC(O)(CC1(C)COC1)C2. The molecule has 3 heterocycles. The molecule has 3 rings (SSSR count). The summed E-state index contributed by atoms with van der Waals surface area (Å²) in [5, 5.41) is 10.9. The maximum Gasteiger partial charge on any atom is 0.0684 e. The average Bonchev–Trinajstić information content (AvgIpc) is 2.18. The van der Waals surface area contributed by atoms with Gasteiger partial charge in [0.05, 0.1) is 18.8 Å². The molecule has 0 radical (unpaired) electrons. The Balaban J connectivity index is 1.71. The molecule has 3 heteroatoms. The molecule has 2 atom stereocenters. The van der Waals surface area contributed by atoms with Crippen LogP contribution in [0.3, 0.4) is 0 Å². The Hall–Kier alpha value is -0.120. The molecular formula is C14H25NO2. The average molecular weight is 239 g/mol. The third-order valence-electron chi connectivity index (χ3n) is 5.11. The van der Waals surface area contributed by atoms with E-state index in [1.807, 2.05) is 0 Å². The molecule has 3 aliphatic rings. The van der Waals surface area contributed by atoms with Crippen LogP contribution in [0, 0.1) is 5.41 Å².